The molecule has 2 heterocycles. The second-order valence-corrected chi connectivity index (χ2v) is 10.8. The van der Waals surface area contributed by atoms with Crippen LogP contribution in [0.5, 0.6) is 5.75 Å². The van der Waals surface area contributed by atoms with Crippen molar-refractivity contribution in [1.29, 1.82) is 0 Å². The summed E-state index contributed by atoms with van der Waals surface area (Å²) in [4.78, 5) is 22.8. The van der Waals surface area contributed by atoms with Crippen LogP contribution in [-0.2, 0) is 17.8 Å². The maximum Gasteiger partial charge on any atom is 0.221 e. The Morgan fingerprint density at radius 2 is 1.80 bits per heavy atom. The van der Waals surface area contributed by atoms with E-state index in [0.29, 0.717) is 6.61 Å². The van der Waals surface area contributed by atoms with Gasteiger partial charge in [-0.25, -0.2) is 9.97 Å². The Hall–Kier alpha value is -4.36. The quantitative estimate of drug-likeness (QED) is 0.183. The Bertz CT molecular complexity index is 1640. The van der Waals surface area contributed by atoms with Crippen LogP contribution in [-0.4, -0.2) is 15.9 Å². The van der Waals surface area contributed by atoms with Gasteiger partial charge in [0.05, 0.1) is 11.4 Å². The molecule has 0 atom stereocenters. The Labute approximate surface area is 239 Å². The molecular weight excluding hydrogens is 516 g/mol. The fraction of sp³-hybridized carbons (Fsp3) is 0.182. The van der Waals surface area contributed by atoms with E-state index in [-0.39, 0.29) is 5.91 Å². The molecule has 0 saturated heterocycles. The molecule has 2 N–H and O–H groups in total. The molecule has 0 unspecified atom stereocenters. The fourth-order valence-electron chi connectivity index (χ4n) is 4.41. The van der Waals surface area contributed by atoms with Crippen molar-refractivity contribution in [3.8, 4) is 5.75 Å². The number of nitrogens with one attached hydrogen (secondary N) is 2. The van der Waals surface area contributed by atoms with Crippen LogP contribution in [0.15, 0.2) is 101 Å². The molecule has 0 spiro atoms. The second kappa shape index (κ2) is 12.7. The Balaban J connectivity index is 1.45. The molecule has 0 aliphatic carbocycles. The van der Waals surface area contributed by atoms with E-state index in [9.17, 15) is 4.79 Å². The Morgan fingerprint density at radius 3 is 2.58 bits per heavy atom. The van der Waals surface area contributed by atoms with Gasteiger partial charge in [0.2, 0.25) is 5.91 Å². The predicted molar refractivity (Wildman–Crippen MR) is 164 cm³/mol. The van der Waals surface area contributed by atoms with Crippen molar-refractivity contribution >= 4 is 45.8 Å². The van der Waals surface area contributed by atoms with Crippen LogP contribution in [0.2, 0.25) is 0 Å². The van der Waals surface area contributed by atoms with E-state index in [0.717, 1.165) is 67.7 Å². The molecule has 3 aromatic carbocycles. The molecule has 7 heteroatoms. The van der Waals surface area contributed by atoms with E-state index in [2.05, 4.69) is 65.9 Å². The molecule has 5 aromatic rings. The normalized spacial score (nSPS) is 10.9. The minimum Gasteiger partial charge on any atom is -0.489 e. The summed E-state index contributed by atoms with van der Waals surface area (Å²) in [5.74, 6) is 0.685. The summed E-state index contributed by atoms with van der Waals surface area (Å²) < 4.78 is 6.20. The first-order chi connectivity index (χ1) is 19.5. The number of aryl methyl sites for hydroxylation is 2. The lowest BCUT2D eigenvalue weighted by atomic mass is 10.1. The molecule has 1 amide bonds. The molecule has 0 aliphatic heterocycles. The number of ether oxygens (including phenoxy) is 1. The van der Waals surface area contributed by atoms with Crippen molar-refractivity contribution in [2.45, 2.75) is 50.0 Å². The van der Waals surface area contributed by atoms with Crippen molar-refractivity contribution in [2.24, 2.45) is 0 Å². The summed E-state index contributed by atoms with van der Waals surface area (Å²) in [6.45, 7) is 6.23. The van der Waals surface area contributed by atoms with Crippen LogP contribution >= 0.6 is 11.8 Å². The number of hydrogen-bond acceptors (Lipinski definition) is 6. The second-order valence-electron chi connectivity index (χ2n) is 9.65. The van der Waals surface area contributed by atoms with Gasteiger partial charge in [-0.1, -0.05) is 54.9 Å². The molecule has 0 radical (unpaired) electrons. The average molecular weight is 549 g/mol. The molecule has 0 fully saturated rings. The van der Waals surface area contributed by atoms with Gasteiger partial charge in [0.25, 0.3) is 0 Å². The van der Waals surface area contributed by atoms with E-state index in [4.69, 9.17) is 9.72 Å². The number of amides is 1. The van der Waals surface area contributed by atoms with E-state index < -0.39 is 0 Å². The zero-order valence-electron chi connectivity index (χ0n) is 22.9. The van der Waals surface area contributed by atoms with Gasteiger partial charge in [0, 0.05) is 45.7 Å². The maximum atomic E-state index is 11.4. The number of carbonyl (C=O) groups excluding carboxylic acids is 1. The minimum absolute atomic E-state index is 0.0889. The number of anilines is 3. The van der Waals surface area contributed by atoms with Gasteiger partial charge in [-0.15, -0.1) is 0 Å². The largest absolute Gasteiger partial charge is 0.489 e. The fourth-order valence-corrected chi connectivity index (χ4v) is 5.29. The van der Waals surface area contributed by atoms with Gasteiger partial charge in [0.15, 0.2) is 5.65 Å². The van der Waals surface area contributed by atoms with Crippen molar-refractivity contribution in [2.75, 3.05) is 10.6 Å². The van der Waals surface area contributed by atoms with Crippen LogP contribution in [0.25, 0.3) is 11.0 Å². The molecule has 2 aromatic heterocycles. The molecule has 40 heavy (non-hydrogen) atoms. The highest BCUT2D eigenvalue weighted by Gasteiger charge is 2.11. The number of fused-ring (bicyclic) bond motifs is 1. The van der Waals surface area contributed by atoms with Gasteiger partial charge in [-0.2, -0.15) is 0 Å². The smallest absolute Gasteiger partial charge is 0.221 e. The highest BCUT2D eigenvalue weighted by atomic mass is 32.2. The van der Waals surface area contributed by atoms with Crippen LogP contribution in [0.4, 0.5) is 17.1 Å². The van der Waals surface area contributed by atoms with Gasteiger partial charge in [0.1, 0.15) is 12.4 Å². The third kappa shape index (κ3) is 6.98. The van der Waals surface area contributed by atoms with Crippen molar-refractivity contribution in [3.05, 3.63) is 108 Å². The predicted octanol–water partition coefficient (Wildman–Crippen LogP) is 8.32. The first kappa shape index (κ1) is 27.2. The third-order valence-electron chi connectivity index (χ3n) is 6.28. The summed E-state index contributed by atoms with van der Waals surface area (Å²) in [7, 11) is 0. The molecule has 202 valence electrons. The molecule has 0 saturated carbocycles. The van der Waals surface area contributed by atoms with Gasteiger partial charge < -0.3 is 15.4 Å². The Morgan fingerprint density at radius 1 is 0.950 bits per heavy atom. The van der Waals surface area contributed by atoms with E-state index in [1.54, 1.807) is 18.0 Å². The summed E-state index contributed by atoms with van der Waals surface area (Å²) in [6, 6.07) is 28.4. The first-order valence-electron chi connectivity index (χ1n) is 13.4. The van der Waals surface area contributed by atoms with Crippen molar-refractivity contribution in [3.63, 3.8) is 0 Å². The third-order valence-corrected chi connectivity index (χ3v) is 7.36. The SMILES string of the molecule is CCCc1ccc2c(Nc3cc(OCc4cccc(C)c4)ccc3Sc3ccc(NC(C)=O)cc3)ccnc2n1. The van der Waals surface area contributed by atoms with Gasteiger partial charge in [-0.3, -0.25) is 4.79 Å². The lowest BCUT2D eigenvalue weighted by molar-refractivity contribution is -0.114. The average Bonchev–Trinajstić information content (AvgIpc) is 2.94. The number of benzene rings is 3. The lowest BCUT2D eigenvalue weighted by Gasteiger charge is -2.16. The van der Waals surface area contributed by atoms with E-state index >= 15 is 0 Å². The van der Waals surface area contributed by atoms with Gasteiger partial charge >= 0.3 is 0 Å². The van der Waals surface area contributed by atoms with E-state index in [1.807, 2.05) is 48.5 Å². The highest BCUT2D eigenvalue weighted by molar-refractivity contribution is 7.99. The first-order valence-corrected chi connectivity index (χ1v) is 14.2. The maximum absolute atomic E-state index is 11.4. The number of hydrogen-bond donors (Lipinski definition) is 2. The molecule has 0 aliphatic rings. The molecular formula is C33H32N4O2S. The van der Waals surface area contributed by atoms with Crippen LogP contribution in [0.3, 0.4) is 0 Å². The van der Waals surface area contributed by atoms with Crippen molar-refractivity contribution in [1.82, 2.24) is 9.97 Å². The number of carbonyl (C=O) groups is 1. The number of pyridine rings is 2. The standard InChI is InChI=1S/C33H32N4O2S/c1-4-6-25-11-15-29-30(17-18-34-33(29)36-25)37-31-20-27(39-21-24-8-5-7-22(2)19-24)12-16-32(31)40-28-13-9-26(10-14-28)35-23(3)38/h5,7-20H,4,6,21H2,1-3H3,(H,35,38)(H,34,36,37). The number of rotatable bonds is 10. The number of aromatic nitrogens is 2. The molecule has 6 nitrogen and oxygen atoms in total. The summed E-state index contributed by atoms with van der Waals surface area (Å²) in [5.41, 5.74) is 6.73. The molecule has 0 bridgehead atoms. The van der Waals surface area contributed by atoms with Crippen molar-refractivity contribution < 1.29 is 9.53 Å². The summed E-state index contributed by atoms with van der Waals surface area (Å²) >= 11 is 1.64. The zero-order valence-corrected chi connectivity index (χ0v) is 23.7. The van der Waals surface area contributed by atoms with E-state index in [1.165, 1.54) is 12.5 Å². The minimum atomic E-state index is -0.0889. The summed E-state index contributed by atoms with van der Waals surface area (Å²) in [5, 5.41) is 7.41. The lowest BCUT2D eigenvalue weighted by Crippen LogP contribution is -2.05. The monoisotopic (exact) mass is 548 g/mol. The van der Waals surface area contributed by atoms with Gasteiger partial charge in [-0.05, 0) is 73.5 Å². The van der Waals surface area contributed by atoms with Crippen LogP contribution < -0.4 is 15.4 Å². The molecule has 5 rings (SSSR count). The Kier molecular flexibility index (Phi) is 8.62. The van der Waals surface area contributed by atoms with Crippen LogP contribution in [0.1, 0.15) is 37.1 Å². The zero-order chi connectivity index (χ0) is 27.9. The number of nitrogens with zero attached hydrogens (tertiary/aromatic N) is 2. The highest BCUT2D eigenvalue weighted by Crippen LogP contribution is 2.38. The summed E-state index contributed by atoms with van der Waals surface area (Å²) in [6.07, 6.45) is 3.76. The van der Waals surface area contributed by atoms with Crippen LogP contribution in [0, 0.1) is 6.92 Å². The topological polar surface area (TPSA) is 76.1 Å².